The number of nitrogens with one attached hydrogen (secondary N) is 1. The van der Waals surface area contributed by atoms with Gasteiger partial charge in [-0.15, -0.1) is 0 Å². The molecule has 0 saturated carbocycles. The van der Waals surface area contributed by atoms with E-state index in [-0.39, 0.29) is 11.8 Å². The van der Waals surface area contributed by atoms with Gasteiger partial charge in [0.2, 0.25) is 0 Å². The van der Waals surface area contributed by atoms with Crippen LogP contribution < -0.4 is 15.0 Å². The topological polar surface area (TPSA) is 44.8 Å². The Morgan fingerprint density at radius 1 is 1.08 bits per heavy atom. The minimum absolute atomic E-state index is 0.0935. The van der Waals surface area contributed by atoms with Gasteiger partial charge in [-0.1, -0.05) is 24.3 Å². The third-order valence-electron chi connectivity index (χ3n) is 4.35. The zero-order chi connectivity index (χ0) is 17.6. The van der Waals surface area contributed by atoms with Crippen LogP contribution in [-0.4, -0.2) is 44.2 Å². The molecule has 0 aliphatic carbocycles. The van der Waals surface area contributed by atoms with Crippen LogP contribution in [0.15, 0.2) is 48.5 Å². The second kappa shape index (κ2) is 7.88. The Morgan fingerprint density at radius 3 is 2.44 bits per heavy atom. The van der Waals surface area contributed by atoms with E-state index in [0.29, 0.717) is 19.6 Å². The highest BCUT2D eigenvalue weighted by Gasteiger charge is 2.22. The number of ether oxygens (including phenoxy) is 1. The summed E-state index contributed by atoms with van der Waals surface area (Å²) < 4.78 is 18.3. The number of piperazine rings is 1. The summed E-state index contributed by atoms with van der Waals surface area (Å²) in [4.78, 5) is 16.3. The maximum Gasteiger partial charge on any atom is 0.317 e. The van der Waals surface area contributed by atoms with Gasteiger partial charge >= 0.3 is 6.03 Å². The van der Waals surface area contributed by atoms with Crippen molar-refractivity contribution in [3.8, 4) is 5.75 Å². The van der Waals surface area contributed by atoms with Crippen molar-refractivity contribution in [2.45, 2.75) is 6.54 Å². The molecule has 0 bridgehead atoms. The highest BCUT2D eigenvalue weighted by molar-refractivity contribution is 5.74. The van der Waals surface area contributed by atoms with Crippen molar-refractivity contribution in [2.24, 2.45) is 0 Å². The van der Waals surface area contributed by atoms with Gasteiger partial charge in [0.15, 0.2) is 0 Å². The molecule has 1 aliphatic rings. The molecule has 25 heavy (non-hydrogen) atoms. The number of methoxy groups -OCH3 is 1. The van der Waals surface area contributed by atoms with Crippen LogP contribution in [0.2, 0.25) is 0 Å². The van der Waals surface area contributed by atoms with E-state index in [1.165, 1.54) is 12.1 Å². The fourth-order valence-corrected chi connectivity index (χ4v) is 2.93. The smallest absolute Gasteiger partial charge is 0.317 e. The van der Waals surface area contributed by atoms with E-state index in [1.54, 1.807) is 24.1 Å². The number of carbonyl (C=O) groups is 1. The van der Waals surface area contributed by atoms with Crippen molar-refractivity contribution in [1.29, 1.82) is 0 Å². The quantitative estimate of drug-likeness (QED) is 0.928. The number of nitrogens with zero attached hydrogens (tertiary/aromatic N) is 2. The summed E-state index contributed by atoms with van der Waals surface area (Å²) in [6.07, 6.45) is 0. The third-order valence-corrected chi connectivity index (χ3v) is 4.35. The number of rotatable bonds is 4. The molecule has 0 spiro atoms. The molecule has 2 amide bonds. The average Bonchev–Trinajstić information content (AvgIpc) is 2.67. The van der Waals surface area contributed by atoms with Gasteiger partial charge in [0, 0.05) is 32.7 Å². The number of carbonyl (C=O) groups excluding carboxylic acids is 1. The van der Waals surface area contributed by atoms with E-state index in [1.807, 2.05) is 24.3 Å². The fraction of sp³-hybridized carbons (Fsp3) is 0.316. The van der Waals surface area contributed by atoms with E-state index in [4.69, 9.17) is 4.74 Å². The fourth-order valence-electron chi connectivity index (χ4n) is 2.93. The van der Waals surface area contributed by atoms with Crippen LogP contribution in [0.3, 0.4) is 0 Å². The van der Waals surface area contributed by atoms with Crippen molar-refractivity contribution in [3.63, 3.8) is 0 Å². The molecule has 1 fully saturated rings. The minimum Gasteiger partial charge on any atom is -0.495 e. The largest absolute Gasteiger partial charge is 0.495 e. The van der Waals surface area contributed by atoms with Gasteiger partial charge in [-0.05, 0) is 29.8 Å². The van der Waals surface area contributed by atoms with Gasteiger partial charge in [-0.2, -0.15) is 0 Å². The number of para-hydroxylation sites is 2. The van der Waals surface area contributed by atoms with Crippen molar-refractivity contribution < 1.29 is 13.9 Å². The summed E-state index contributed by atoms with van der Waals surface area (Å²) in [6, 6.07) is 14.0. The molecule has 0 atom stereocenters. The lowest BCUT2D eigenvalue weighted by Gasteiger charge is -2.36. The maximum absolute atomic E-state index is 12.9. The SMILES string of the molecule is COc1ccccc1N1CCN(C(=O)NCc2ccc(F)cc2)CC1. The number of hydrogen-bond donors (Lipinski definition) is 1. The summed E-state index contributed by atoms with van der Waals surface area (Å²) in [5.74, 6) is 0.569. The average molecular weight is 343 g/mol. The molecular weight excluding hydrogens is 321 g/mol. The van der Waals surface area contributed by atoms with E-state index in [0.717, 1.165) is 30.1 Å². The molecule has 1 N–H and O–H groups in total. The number of urea groups is 1. The number of amides is 2. The molecule has 5 nitrogen and oxygen atoms in total. The van der Waals surface area contributed by atoms with Gasteiger partial charge < -0.3 is 19.9 Å². The molecule has 2 aromatic rings. The predicted octanol–water partition coefficient (Wildman–Crippen LogP) is 2.87. The Hall–Kier alpha value is -2.76. The van der Waals surface area contributed by atoms with Gasteiger partial charge in [0.1, 0.15) is 11.6 Å². The normalized spacial score (nSPS) is 14.3. The molecular formula is C19H22FN3O2. The van der Waals surface area contributed by atoms with Crippen molar-refractivity contribution in [2.75, 3.05) is 38.2 Å². The monoisotopic (exact) mass is 343 g/mol. The predicted molar refractivity (Wildman–Crippen MR) is 95.4 cm³/mol. The van der Waals surface area contributed by atoms with Crippen molar-refractivity contribution >= 4 is 11.7 Å². The second-order valence-corrected chi connectivity index (χ2v) is 5.93. The first-order valence-electron chi connectivity index (χ1n) is 8.32. The highest BCUT2D eigenvalue weighted by Crippen LogP contribution is 2.28. The molecule has 0 aromatic heterocycles. The molecule has 0 radical (unpaired) electrons. The van der Waals surface area contributed by atoms with Crippen LogP contribution in [0.4, 0.5) is 14.9 Å². The molecule has 3 rings (SSSR count). The van der Waals surface area contributed by atoms with Crippen LogP contribution >= 0.6 is 0 Å². The lowest BCUT2D eigenvalue weighted by atomic mass is 10.2. The summed E-state index contributed by atoms with van der Waals surface area (Å²) in [5, 5.41) is 2.89. The molecule has 132 valence electrons. The Kier molecular flexibility index (Phi) is 5.38. The van der Waals surface area contributed by atoms with E-state index < -0.39 is 0 Å². The highest BCUT2D eigenvalue weighted by atomic mass is 19.1. The zero-order valence-electron chi connectivity index (χ0n) is 14.2. The van der Waals surface area contributed by atoms with E-state index in [9.17, 15) is 9.18 Å². The number of anilines is 1. The molecule has 1 heterocycles. The summed E-state index contributed by atoms with van der Waals surface area (Å²) in [6.45, 7) is 3.20. The third kappa shape index (κ3) is 4.21. The number of halogens is 1. The first kappa shape index (κ1) is 17.1. The molecule has 2 aromatic carbocycles. The number of hydrogen-bond acceptors (Lipinski definition) is 3. The standard InChI is InChI=1S/C19H22FN3O2/c1-25-18-5-3-2-4-17(18)22-10-12-23(13-11-22)19(24)21-14-15-6-8-16(20)9-7-15/h2-9H,10-14H2,1H3,(H,21,24). The summed E-state index contributed by atoms with van der Waals surface area (Å²) in [5.41, 5.74) is 1.93. The molecule has 6 heteroatoms. The van der Waals surface area contributed by atoms with Crippen LogP contribution in [0.5, 0.6) is 5.75 Å². The zero-order valence-corrected chi connectivity index (χ0v) is 14.2. The lowest BCUT2D eigenvalue weighted by Crippen LogP contribution is -2.51. The van der Waals surface area contributed by atoms with Crippen molar-refractivity contribution in [3.05, 3.63) is 59.9 Å². The summed E-state index contributed by atoms with van der Waals surface area (Å²) in [7, 11) is 1.66. The van der Waals surface area contributed by atoms with Crippen LogP contribution in [0.1, 0.15) is 5.56 Å². The number of benzene rings is 2. The van der Waals surface area contributed by atoms with Gasteiger partial charge in [-0.25, -0.2) is 9.18 Å². The Morgan fingerprint density at radius 2 is 1.76 bits per heavy atom. The Labute approximate surface area is 147 Å². The maximum atomic E-state index is 12.9. The second-order valence-electron chi connectivity index (χ2n) is 5.93. The van der Waals surface area contributed by atoms with Crippen LogP contribution in [0.25, 0.3) is 0 Å². The van der Waals surface area contributed by atoms with E-state index >= 15 is 0 Å². The Balaban J connectivity index is 1.51. The van der Waals surface area contributed by atoms with Crippen LogP contribution in [-0.2, 0) is 6.54 Å². The van der Waals surface area contributed by atoms with E-state index in [2.05, 4.69) is 10.2 Å². The molecule has 1 aliphatic heterocycles. The summed E-state index contributed by atoms with van der Waals surface area (Å²) >= 11 is 0. The van der Waals surface area contributed by atoms with Gasteiger partial charge in [0.25, 0.3) is 0 Å². The first-order valence-corrected chi connectivity index (χ1v) is 8.32. The lowest BCUT2D eigenvalue weighted by molar-refractivity contribution is 0.194. The van der Waals surface area contributed by atoms with Crippen LogP contribution in [0, 0.1) is 5.82 Å². The van der Waals surface area contributed by atoms with Crippen molar-refractivity contribution in [1.82, 2.24) is 10.2 Å². The minimum atomic E-state index is -0.275. The van der Waals surface area contributed by atoms with Gasteiger partial charge in [-0.3, -0.25) is 0 Å². The molecule has 0 unspecified atom stereocenters. The van der Waals surface area contributed by atoms with Gasteiger partial charge in [0.05, 0.1) is 12.8 Å². The first-order chi connectivity index (χ1) is 12.2. The molecule has 1 saturated heterocycles. The Bertz CT molecular complexity index is 713.